The van der Waals surface area contributed by atoms with Crippen molar-refractivity contribution in [2.75, 3.05) is 41.4 Å². The van der Waals surface area contributed by atoms with E-state index in [-0.39, 0.29) is 16.9 Å². The largest absolute Gasteiger partial charge is 0.496 e. The maximum atomic E-state index is 14.3. The van der Waals surface area contributed by atoms with Crippen LogP contribution < -0.4 is 25.7 Å². The van der Waals surface area contributed by atoms with Crippen LogP contribution >= 0.6 is 11.3 Å². The SMILES string of the molecule is COc1cc(-c2cn(C)c(=O)c3cc(C(=O)NC4CCNCC4(F)F)sc23)cc(OC)c1CN(C)C. The molecule has 1 aromatic carbocycles. The zero-order valence-electron chi connectivity index (χ0n) is 20.9. The molecule has 0 bridgehead atoms. The minimum Gasteiger partial charge on any atom is -0.496 e. The van der Waals surface area contributed by atoms with Crippen LogP contribution in [-0.4, -0.2) is 68.7 Å². The average molecular weight is 521 g/mol. The molecular weight excluding hydrogens is 490 g/mol. The van der Waals surface area contributed by atoms with Crippen LogP contribution in [0.4, 0.5) is 8.78 Å². The summed E-state index contributed by atoms with van der Waals surface area (Å²) in [5, 5.41) is 5.46. The van der Waals surface area contributed by atoms with Crippen LogP contribution in [0, 0.1) is 0 Å². The third kappa shape index (κ3) is 4.95. The van der Waals surface area contributed by atoms with Gasteiger partial charge in [-0.05, 0) is 50.8 Å². The summed E-state index contributed by atoms with van der Waals surface area (Å²) in [7, 11) is 8.69. The molecule has 2 aromatic heterocycles. The van der Waals surface area contributed by atoms with Crippen LogP contribution in [0.1, 0.15) is 21.7 Å². The summed E-state index contributed by atoms with van der Waals surface area (Å²) < 4.78 is 41.8. The third-order valence-electron chi connectivity index (χ3n) is 6.25. The predicted octanol–water partition coefficient (Wildman–Crippen LogP) is 3.07. The molecule has 8 nitrogen and oxygen atoms in total. The lowest BCUT2D eigenvalue weighted by Crippen LogP contribution is -2.57. The molecule has 4 rings (SSSR count). The topological polar surface area (TPSA) is 84.8 Å². The number of rotatable bonds is 7. The minimum atomic E-state index is -3.05. The van der Waals surface area contributed by atoms with Gasteiger partial charge in [-0.25, -0.2) is 8.78 Å². The third-order valence-corrected chi connectivity index (χ3v) is 7.42. The number of thiophene rings is 1. The number of alkyl halides is 2. The molecule has 1 amide bonds. The molecule has 11 heteroatoms. The Kier molecular flexibility index (Phi) is 7.35. The van der Waals surface area contributed by atoms with E-state index in [1.54, 1.807) is 27.5 Å². The first-order valence-electron chi connectivity index (χ1n) is 11.5. The molecule has 1 atom stereocenters. The molecule has 194 valence electrons. The van der Waals surface area contributed by atoms with Gasteiger partial charge in [0.1, 0.15) is 11.5 Å². The highest BCUT2D eigenvalue weighted by Gasteiger charge is 2.42. The highest BCUT2D eigenvalue weighted by molar-refractivity contribution is 7.21. The molecule has 36 heavy (non-hydrogen) atoms. The first kappa shape index (κ1) is 26.1. The molecule has 3 aromatic rings. The van der Waals surface area contributed by atoms with Crippen molar-refractivity contribution in [3.8, 4) is 22.6 Å². The van der Waals surface area contributed by atoms with Crippen molar-refractivity contribution < 1.29 is 23.0 Å². The van der Waals surface area contributed by atoms with Crippen molar-refractivity contribution >= 4 is 27.3 Å². The lowest BCUT2D eigenvalue weighted by atomic mass is 10.0. The number of hydrogen-bond donors (Lipinski definition) is 2. The fraction of sp³-hybridized carbons (Fsp3) is 0.440. The van der Waals surface area contributed by atoms with E-state index >= 15 is 0 Å². The van der Waals surface area contributed by atoms with Gasteiger partial charge >= 0.3 is 0 Å². The molecule has 1 fully saturated rings. The number of carbonyl (C=O) groups is 1. The number of aryl methyl sites for hydroxylation is 1. The Labute approximate surface area is 211 Å². The van der Waals surface area contributed by atoms with Gasteiger partial charge in [0.05, 0.1) is 42.6 Å². The van der Waals surface area contributed by atoms with E-state index in [1.165, 1.54) is 10.6 Å². The van der Waals surface area contributed by atoms with Crippen molar-refractivity contribution in [3.05, 3.63) is 45.2 Å². The molecule has 0 spiro atoms. The molecule has 2 N–H and O–H groups in total. The maximum absolute atomic E-state index is 14.3. The van der Waals surface area contributed by atoms with Crippen molar-refractivity contribution in [1.29, 1.82) is 0 Å². The summed E-state index contributed by atoms with van der Waals surface area (Å²) in [5.74, 6) is -2.41. The summed E-state index contributed by atoms with van der Waals surface area (Å²) in [4.78, 5) is 28.1. The van der Waals surface area contributed by atoms with Gasteiger partial charge in [-0.1, -0.05) is 0 Å². The van der Waals surface area contributed by atoms with Crippen molar-refractivity contribution in [1.82, 2.24) is 20.1 Å². The standard InChI is InChI=1S/C25H30F2N4O4S/c1-30(2)11-17-18(34-4)8-14(9-19(17)35-5)16-12-31(3)24(33)15-10-20(36-22(15)16)23(32)29-21-6-7-28-13-25(21,26)27/h8-10,12,21,28H,6-7,11,13H2,1-5H3,(H,29,32). The van der Waals surface area contributed by atoms with Crippen molar-refractivity contribution in [2.24, 2.45) is 7.05 Å². The van der Waals surface area contributed by atoms with E-state index in [0.29, 0.717) is 40.2 Å². The number of aromatic nitrogens is 1. The van der Waals surface area contributed by atoms with Gasteiger partial charge in [0.15, 0.2) is 0 Å². The van der Waals surface area contributed by atoms with E-state index in [2.05, 4.69) is 10.6 Å². The van der Waals surface area contributed by atoms with Gasteiger partial charge in [0.25, 0.3) is 17.4 Å². The van der Waals surface area contributed by atoms with E-state index < -0.39 is 24.4 Å². The predicted molar refractivity (Wildman–Crippen MR) is 137 cm³/mol. The second-order valence-corrected chi connectivity index (χ2v) is 10.2. The lowest BCUT2D eigenvalue weighted by molar-refractivity contribution is -0.0487. The fourth-order valence-corrected chi connectivity index (χ4v) is 5.51. The van der Waals surface area contributed by atoms with E-state index in [0.717, 1.165) is 22.5 Å². The molecule has 0 radical (unpaired) electrons. The van der Waals surface area contributed by atoms with Gasteiger partial charge < -0.3 is 29.6 Å². The second kappa shape index (κ2) is 10.2. The average Bonchev–Trinajstić information content (AvgIpc) is 3.28. The number of nitrogens with zero attached hydrogens (tertiary/aromatic N) is 2. The van der Waals surface area contributed by atoms with Gasteiger partial charge in [0, 0.05) is 30.1 Å². The summed E-state index contributed by atoms with van der Waals surface area (Å²) >= 11 is 1.10. The Morgan fingerprint density at radius 3 is 2.50 bits per heavy atom. The molecule has 0 aliphatic carbocycles. The minimum absolute atomic E-state index is 0.121. The fourth-order valence-electron chi connectivity index (χ4n) is 4.42. The number of piperidine rings is 1. The Balaban J connectivity index is 1.80. The number of carbonyl (C=O) groups excluding carboxylic acids is 1. The van der Waals surface area contributed by atoms with Crippen molar-refractivity contribution in [3.63, 3.8) is 0 Å². The molecule has 0 saturated carbocycles. The highest BCUT2D eigenvalue weighted by atomic mass is 32.1. The molecule has 1 aliphatic rings. The molecule has 1 aliphatic heterocycles. The lowest BCUT2D eigenvalue weighted by Gasteiger charge is -2.32. The van der Waals surface area contributed by atoms with E-state index in [4.69, 9.17) is 9.47 Å². The zero-order valence-corrected chi connectivity index (χ0v) is 21.7. The molecule has 1 unspecified atom stereocenters. The number of fused-ring (bicyclic) bond motifs is 1. The number of benzene rings is 1. The van der Waals surface area contributed by atoms with Gasteiger partial charge in [-0.3, -0.25) is 9.59 Å². The number of amides is 1. The maximum Gasteiger partial charge on any atom is 0.280 e. The summed E-state index contributed by atoms with van der Waals surface area (Å²) in [5.41, 5.74) is 2.05. The first-order chi connectivity index (χ1) is 17.1. The monoisotopic (exact) mass is 520 g/mol. The molecule has 3 heterocycles. The number of halogens is 2. The Morgan fingerprint density at radius 2 is 1.92 bits per heavy atom. The highest BCUT2D eigenvalue weighted by Crippen LogP contribution is 2.39. The van der Waals surface area contributed by atoms with Crippen molar-refractivity contribution in [2.45, 2.75) is 24.9 Å². The number of methoxy groups -OCH3 is 2. The Morgan fingerprint density at radius 1 is 1.25 bits per heavy atom. The van der Waals surface area contributed by atoms with Gasteiger partial charge in [-0.15, -0.1) is 11.3 Å². The van der Waals surface area contributed by atoms with Gasteiger partial charge in [-0.2, -0.15) is 0 Å². The number of hydrogen-bond acceptors (Lipinski definition) is 7. The number of ether oxygens (including phenoxy) is 2. The molecule has 1 saturated heterocycles. The van der Waals surface area contributed by atoms with Crippen LogP contribution in [0.25, 0.3) is 21.2 Å². The first-order valence-corrected chi connectivity index (χ1v) is 12.3. The van der Waals surface area contributed by atoms with Crippen LogP contribution in [0.5, 0.6) is 11.5 Å². The van der Waals surface area contributed by atoms with E-state index in [9.17, 15) is 18.4 Å². The van der Waals surface area contributed by atoms with Crippen LogP contribution in [0.2, 0.25) is 0 Å². The van der Waals surface area contributed by atoms with E-state index in [1.807, 2.05) is 31.1 Å². The summed E-state index contributed by atoms with van der Waals surface area (Å²) in [6.07, 6.45) is 1.82. The summed E-state index contributed by atoms with van der Waals surface area (Å²) in [6, 6.07) is 3.96. The quantitative estimate of drug-likeness (QED) is 0.498. The summed E-state index contributed by atoms with van der Waals surface area (Å²) in [6.45, 7) is 0.508. The Bertz CT molecular complexity index is 1330. The van der Waals surface area contributed by atoms with Gasteiger partial charge in [0.2, 0.25) is 0 Å². The number of nitrogens with one attached hydrogen (secondary N) is 2. The smallest absolute Gasteiger partial charge is 0.280 e. The number of pyridine rings is 1. The van der Waals surface area contributed by atoms with Crippen LogP contribution in [-0.2, 0) is 13.6 Å². The Hall–Kier alpha value is -3.02. The normalized spacial score (nSPS) is 17.4. The second-order valence-electron chi connectivity index (χ2n) is 9.16. The molecular formula is C25H30F2N4O4S. The zero-order chi connectivity index (χ0) is 26.2. The van der Waals surface area contributed by atoms with Crippen LogP contribution in [0.15, 0.2) is 29.2 Å². The van der Waals surface area contributed by atoms with Crippen LogP contribution in [0.3, 0.4) is 0 Å².